The van der Waals surface area contributed by atoms with Gasteiger partial charge in [0.1, 0.15) is 0 Å². The molecule has 21 heavy (non-hydrogen) atoms. The average molecular weight is 305 g/mol. The number of likely N-dealkylation sites (tertiary alicyclic amines) is 1. The smallest absolute Gasteiger partial charge is 0.231 e. The summed E-state index contributed by atoms with van der Waals surface area (Å²) in [7, 11) is 0. The zero-order chi connectivity index (χ0) is 14.2. The topological polar surface area (TPSA) is 51.4 Å². The summed E-state index contributed by atoms with van der Waals surface area (Å²) < 4.78 is 11.3. The van der Waals surface area contributed by atoms with Crippen molar-refractivity contribution < 1.29 is 9.26 Å². The highest BCUT2D eigenvalue weighted by Crippen LogP contribution is 2.36. The maximum Gasteiger partial charge on any atom is 0.231 e. The maximum atomic E-state index is 5.94. The van der Waals surface area contributed by atoms with Crippen molar-refractivity contribution in [1.82, 2.24) is 15.0 Å². The van der Waals surface area contributed by atoms with E-state index in [1.807, 2.05) is 6.92 Å². The monoisotopic (exact) mass is 305 g/mol. The van der Waals surface area contributed by atoms with Crippen LogP contribution in [0.15, 0.2) is 21.3 Å². The van der Waals surface area contributed by atoms with Crippen molar-refractivity contribution in [3.8, 4) is 0 Å². The standard InChI is InChI=1S/C15H19N3O2S/c1-10-16-15(20-17-10)12-6-14-13(2-4-19-14)18(8-12)7-11-3-5-21-9-11/h3,5,9,12-14H,2,4,6-8H2,1H3/t12-,13-,14-/m0/s1. The molecule has 0 aliphatic carbocycles. The lowest BCUT2D eigenvalue weighted by atomic mass is 9.89. The second kappa shape index (κ2) is 5.51. The largest absolute Gasteiger partial charge is 0.377 e. The molecule has 4 rings (SSSR count). The Hall–Kier alpha value is -1.24. The molecule has 2 aromatic rings. The van der Waals surface area contributed by atoms with Crippen LogP contribution in [-0.2, 0) is 11.3 Å². The van der Waals surface area contributed by atoms with E-state index < -0.39 is 0 Å². The van der Waals surface area contributed by atoms with Crippen molar-refractivity contribution in [3.05, 3.63) is 34.1 Å². The lowest BCUT2D eigenvalue weighted by Gasteiger charge is -2.39. The van der Waals surface area contributed by atoms with Gasteiger partial charge in [-0.25, -0.2) is 0 Å². The highest BCUT2D eigenvalue weighted by molar-refractivity contribution is 7.07. The van der Waals surface area contributed by atoms with Gasteiger partial charge in [0.25, 0.3) is 0 Å². The summed E-state index contributed by atoms with van der Waals surface area (Å²) in [5.74, 6) is 1.75. The Balaban J connectivity index is 1.55. The van der Waals surface area contributed by atoms with Crippen LogP contribution in [0.2, 0.25) is 0 Å². The Bertz CT molecular complexity index is 598. The van der Waals surface area contributed by atoms with Crippen LogP contribution < -0.4 is 0 Å². The predicted molar refractivity (Wildman–Crippen MR) is 79.3 cm³/mol. The van der Waals surface area contributed by atoms with E-state index in [-0.39, 0.29) is 5.92 Å². The number of piperidine rings is 1. The predicted octanol–water partition coefficient (Wildman–Crippen LogP) is 2.59. The Morgan fingerprint density at radius 3 is 3.19 bits per heavy atom. The van der Waals surface area contributed by atoms with Crippen molar-refractivity contribution in [2.24, 2.45) is 0 Å². The third kappa shape index (κ3) is 2.63. The summed E-state index contributed by atoms with van der Waals surface area (Å²) in [6.45, 7) is 4.69. The second-order valence-corrected chi connectivity index (χ2v) is 6.72. The van der Waals surface area contributed by atoms with Crippen LogP contribution in [0.5, 0.6) is 0 Å². The van der Waals surface area contributed by atoms with Crippen LogP contribution in [0, 0.1) is 6.92 Å². The molecule has 2 aliphatic heterocycles. The molecular formula is C15H19N3O2S. The molecule has 2 aliphatic rings. The van der Waals surface area contributed by atoms with E-state index in [2.05, 4.69) is 31.9 Å². The van der Waals surface area contributed by atoms with Crippen LogP contribution >= 0.6 is 11.3 Å². The third-order valence-electron chi connectivity index (χ3n) is 4.47. The summed E-state index contributed by atoms with van der Waals surface area (Å²) in [5.41, 5.74) is 1.38. The number of aromatic nitrogens is 2. The van der Waals surface area contributed by atoms with Crippen molar-refractivity contribution in [3.63, 3.8) is 0 Å². The maximum absolute atomic E-state index is 5.94. The second-order valence-electron chi connectivity index (χ2n) is 5.94. The molecule has 3 atom stereocenters. The summed E-state index contributed by atoms with van der Waals surface area (Å²) in [6.07, 6.45) is 2.42. The van der Waals surface area contributed by atoms with Crippen molar-refractivity contribution >= 4 is 11.3 Å². The molecule has 2 aromatic heterocycles. The summed E-state index contributed by atoms with van der Waals surface area (Å²) >= 11 is 1.76. The average Bonchev–Trinajstić information content (AvgIpc) is 3.18. The molecule has 0 aromatic carbocycles. The molecule has 0 radical (unpaired) electrons. The molecule has 0 spiro atoms. The van der Waals surface area contributed by atoms with Gasteiger partial charge >= 0.3 is 0 Å². The van der Waals surface area contributed by atoms with E-state index in [0.717, 1.165) is 38.4 Å². The summed E-state index contributed by atoms with van der Waals surface area (Å²) in [6, 6.07) is 2.74. The van der Waals surface area contributed by atoms with Crippen molar-refractivity contribution in [1.29, 1.82) is 0 Å². The Morgan fingerprint density at radius 1 is 1.48 bits per heavy atom. The Labute approximate surface area is 127 Å². The quantitative estimate of drug-likeness (QED) is 0.872. The minimum absolute atomic E-state index is 0.282. The first kappa shape index (κ1) is 13.4. The first-order valence-corrected chi connectivity index (χ1v) is 8.41. The Kier molecular flexibility index (Phi) is 3.52. The van der Waals surface area contributed by atoms with Gasteiger partial charge in [-0.15, -0.1) is 0 Å². The normalized spacial score (nSPS) is 29.7. The lowest BCUT2D eigenvalue weighted by Crippen LogP contribution is -2.48. The zero-order valence-electron chi connectivity index (χ0n) is 12.1. The molecule has 0 bridgehead atoms. The lowest BCUT2D eigenvalue weighted by molar-refractivity contribution is 0.00852. The van der Waals surface area contributed by atoms with Crippen LogP contribution in [0.4, 0.5) is 0 Å². The molecule has 6 heteroatoms. The van der Waals surface area contributed by atoms with Crippen molar-refractivity contribution in [2.75, 3.05) is 13.2 Å². The molecule has 112 valence electrons. The molecule has 0 amide bonds. The minimum Gasteiger partial charge on any atom is -0.377 e. The third-order valence-corrected chi connectivity index (χ3v) is 5.21. The fourth-order valence-corrected chi connectivity index (χ4v) is 4.17. The molecule has 0 unspecified atom stereocenters. The zero-order valence-corrected chi connectivity index (χ0v) is 12.9. The molecular weight excluding hydrogens is 286 g/mol. The van der Waals surface area contributed by atoms with Crippen LogP contribution in [0.1, 0.15) is 36.0 Å². The van der Waals surface area contributed by atoms with E-state index >= 15 is 0 Å². The minimum atomic E-state index is 0.282. The number of nitrogens with zero attached hydrogens (tertiary/aromatic N) is 3. The SMILES string of the molecule is Cc1noc([C@H]2C[C@@H]3OCC[C@@H]3N(Cc3ccsc3)C2)n1. The molecule has 0 N–H and O–H groups in total. The first-order valence-electron chi connectivity index (χ1n) is 7.46. The number of hydrogen-bond acceptors (Lipinski definition) is 6. The fraction of sp³-hybridized carbons (Fsp3) is 0.600. The molecule has 0 saturated carbocycles. The van der Waals surface area contributed by atoms with E-state index in [1.54, 1.807) is 11.3 Å². The fourth-order valence-electron chi connectivity index (χ4n) is 3.51. The number of rotatable bonds is 3. The summed E-state index contributed by atoms with van der Waals surface area (Å²) in [5, 5.41) is 8.30. The summed E-state index contributed by atoms with van der Waals surface area (Å²) in [4.78, 5) is 6.96. The number of hydrogen-bond donors (Lipinski definition) is 0. The molecule has 4 heterocycles. The number of ether oxygens (including phenoxy) is 1. The van der Waals surface area contributed by atoms with Crippen LogP contribution in [-0.4, -0.2) is 40.3 Å². The van der Waals surface area contributed by atoms with Crippen LogP contribution in [0.3, 0.4) is 0 Å². The van der Waals surface area contributed by atoms with Gasteiger partial charge in [0.15, 0.2) is 5.82 Å². The van der Waals surface area contributed by atoms with Gasteiger partial charge in [0.05, 0.1) is 12.0 Å². The highest BCUT2D eigenvalue weighted by Gasteiger charge is 2.42. The molecule has 2 fully saturated rings. The van der Waals surface area contributed by atoms with Gasteiger partial charge in [-0.1, -0.05) is 5.16 Å². The molecule has 5 nitrogen and oxygen atoms in total. The number of aryl methyl sites for hydroxylation is 1. The van der Waals surface area contributed by atoms with Gasteiger partial charge in [0.2, 0.25) is 5.89 Å². The van der Waals surface area contributed by atoms with Crippen molar-refractivity contribution in [2.45, 2.75) is 44.4 Å². The highest BCUT2D eigenvalue weighted by atomic mass is 32.1. The van der Waals surface area contributed by atoms with Crippen LogP contribution in [0.25, 0.3) is 0 Å². The van der Waals surface area contributed by atoms with E-state index in [9.17, 15) is 0 Å². The molecule has 2 saturated heterocycles. The Morgan fingerprint density at radius 2 is 2.43 bits per heavy atom. The number of fused-ring (bicyclic) bond motifs is 1. The van der Waals surface area contributed by atoms with Gasteiger partial charge < -0.3 is 9.26 Å². The van der Waals surface area contributed by atoms with E-state index in [0.29, 0.717) is 18.0 Å². The van der Waals surface area contributed by atoms with E-state index in [4.69, 9.17) is 9.26 Å². The van der Waals surface area contributed by atoms with Gasteiger partial charge in [-0.2, -0.15) is 16.3 Å². The van der Waals surface area contributed by atoms with Gasteiger partial charge in [0, 0.05) is 25.7 Å². The number of thiophene rings is 1. The van der Waals surface area contributed by atoms with Gasteiger partial charge in [-0.05, 0) is 42.2 Å². The first-order chi connectivity index (χ1) is 10.3. The van der Waals surface area contributed by atoms with Gasteiger partial charge in [-0.3, -0.25) is 4.90 Å². The van der Waals surface area contributed by atoms with E-state index in [1.165, 1.54) is 5.56 Å².